The second kappa shape index (κ2) is 8.18. The molecule has 2 rings (SSSR count). The summed E-state index contributed by atoms with van der Waals surface area (Å²) in [5.74, 6) is 0. The Morgan fingerprint density at radius 2 is 1.79 bits per heavy atom. The summed E-state index contributed by atoms with van der Waals surface area (Å²) in [5, 5.41) is 13.9. The maximum Gasteiger partial charge on any atom is 0.0914 e. The van der Waals surface area contributed by atoms with E-state index < -0.39 is 6.10 Å². The zero-order valence-corrected chi connectivity index (χ0v) is 11.9. The van der Waals surface area contributed by atoms with Gasteiger partial charge in [-0.1, -0.05) is 54.1 Å². The van der Waals surface area contributed by atoms with Crippen LogP contribution in [-0.4, -0.2) is 11.7 Å². The van der Waals surface area contributed by atoms with Crippen molar-refractivity contribution >= 4 is 11.6 Å². The molecule has 2 N–H and O–H groups in total. The van der Waals surface area contributed by atoms with Crippen molar-refractivity contribution in [2.75, 3.05) is 6.54 Å². The molecule has 0 radical (unpaired) electrons. The fourth-order valence-electron chi connectivity index (χ4n) is 1.79. The summed E-state index contributed by atoms with van der Waals surface area (Å²) in [6, 6.07) is 17.3. The minimum absolute atomic E-state index is 0. The van der Waals surface area contributed by atoms with E-state index in [0.29, 0.717) is 13.1 Å². The predicted octanol–water partition coefficient (Wildman–Crippen LogP) is 0.167. The molecule has 0 spiro atoms. The molecule has 0 amide bonds. The summed E-state index contributed by atoms with van der Waals surface area (Å²) >= 11 is 5.91. The molecule has 0 bridgehead atoms. The van der Waals surface area contributed by atoms with Gasteiger partial charge in [0.05, 0.1) is 6.10 Å². The summed E-state index contributed by atoms with van der Waals surface area (Å²) in [5.41, 5.74) is 2.04. The van der Waals surface area contributed by atoms with E-state index in [1.807, 2.05) is 54.6 Å². The van der Waals surface area contributed by atoms with Gasteiger partial charge in [-0.3, -0.25) is 0 Å². The van der Waals surface area contributed by atoms with Gasteiger partial charge in [0.25, 0.3) is 0 Å². The molecule has 2 aromatic carbocycles. The van der Waals surface area contributed by atoms with E-state index in [4.69, 9.17) is 11.6 Å². The van der Waals surface area contributed by atoms with E-state index in [9.17, 15) is 5.11 Å². The summed E-state index contributed by atoms with van der Waals surface area (Å²) in [6.07, 6.45) is -0.481. The van der Waals surface area contributed by atoms with Gasteiger partial charge in [0.15, 0.2) is 0 Å². The van der Waals surface area contributed by atoms with E-state index in [0.717, 1.165) is 16.1 Å². The number of rotatable bonds is 5. The topological polar surface area (TPSA) is 32.3 Å². The lowest BCUT2D eigenvalue weighted by Crippen LogP contribution is -3.00. The Morgan fingerprint density at radius 3 is 2.47 bits per heavy atom. The lowest BCUT2D eigenvalue weighted by atomic mass is 10.1. The molecule has 0 aliphatic rings. The Balaban J connectivity index is 0.00000180. The number of hydrogen-bond acceptors (Lipinski definition) is 2. The molecule has 19 heavy (non-hydrogen) atoms. The first-order valence-corrected chi connectivity index (χ1v) is 6.31. The van der Waals surface area contributed by atoms with E-state index in [-0.39, 0.29) is 12.4 Å². The highest BCUT2D eigenvalue weighted by atomic mass is 35.5. The Bertz CT molecular complexity index is 491. The monoisotopic (exact) mass is 296 g/mol. The van der Waals surface area contributed by atoms with Gasteiger partial charge >= 0.3 is 0 Å². The van der Waals surface area contributed by atoms with Crippen molar-refractivity contribution in [1.29, 1.82) is 0 Å². The van der Waals surface area contributed by atoms with Crippen molar-refractivity contribution in [3.63, 3.8) is 0 Å². The van der Waals surface area contributed by atoms with Crippen molar-refractivity contribution < 1.29 is 17.5 Å². The zero-order chi connectivity index (χ0) is 12.8. The lowest BCUT2D eigenvalue weighted by Gasteiger charge is -2.12. The van der Waals surface area contributed by atoms with E-state index in [1.165, 1.54) is 0 Å². The van der Waals surface area contributed by atoms with Gasteiger partial charge in [-0.25, -0.2) is 0 Å². The van der Waals surface area contributed by atoms with Crippen LogP contribution < -0.4 is 17.7 Å². The summed E-state index contributed by atoms with van der Waals surface area (Å²) in [6.45, 7) is 1.22. The Kier molecular flexibility index (Phi) is 6.89. The summed E-state index contributed by atoms with van der Waals surface area (Å²) in [4.78, 5) is 0. The maximum atomic E-state index is 9.96. The molecule has 0 aliphatic heterocycles. The molecule has 0 saturated carbocycles. The first-order valence-electron chi connectivity index (χ1n) is 5.94. The molecule has 1 atom stereocenters. The minimum atomic E-state index is -0.481. The number of hydrogen-bond donors (Lipinski definition) is 2. The third kappa shape index (κ3) is 5.21. The van der Waals surface area contributed by atoms with E-state index in [2.05, 4.69) is 5.32 Å². The lowest BCUT2D eigenvalue weighted by molar-refractivity contribution is -0.00000525. The van der Waals surface area contributed by atoms with Crippen molar-refractivity contribution in [2.45, 2.75) is 12.6 Å². The van der Waals surface area contributed by atoms with Gasteiger partial charge in [-0.15, -0.1) is 0 Å². The second-order valence-corrected chi connectivity index (χ2v) is 4.62. The van der Waals surface area contributed by atoms with Gasteiger partial charge in [0, 0.05) is 18.1 Å². The van der Waals surface area contributed by atoms with Crippen LogP contribution in [0.5, 0.6) is 0 Å². The molecular weight excluding hydrogens is 281 g/mol. The summed E-state index contributed by atoms with van der Waals surface area (Å²) < 4.78 is 0. The van der Waals surface area contributed by atoms with Crippen LogP contribution in [0.2, 0.25) is 5.02 Å². The van der Waals surface area contributed by atoms with Crippen molar-refractivity contribution in [3.8, 4) is 0 Å². The van der Waals surface area contributed by atoms with Gasteiger partial charge < -0.3 is 22.8 Å². The normalized spacial score (nSPS) is 11.7. The quantitative estimate of drug-likeness (QED) is 0.824. The van der Waals surface area contributed by atoms with Crippen molar-refractivity contribution in [2.24, 2.45) is 0 Å². The van der Waals surface area contributed by atoms with Gasteiger partial charge in [0.1, 0.15) is 0 Å². The molecule has 2 nitrogen and oxygen atoms in total. The van der Waals surface area contributed by atoms with Crippen LogP contribution in [0.4, 0.5) is 0 Å². The van der Waals surface area contributed by atoms with E-state index in [1.54, 1.807) is 0 Å². The standard InChI is InChI=1S/C15H16ClNO.ClH/c16-14-8-4-5-12(9-14)10-17-11-15(18)13-6-2-1-3-7-13;/h1-9,15,17-18H,10-11H2;1H/p-1. The van der Waals surface area contributed by atoms with Crippen molar-refractivity contribution in [3.05, 3.63) is 70.7 Å². The van der Waals surface area contributed by atoms with Crippen LogP contribution in [0.3, 0.4) is 0 Å². The first-order chi connectivity index (χ1) is 8.75. The highest BCUT2D eigenvalue weighted by Gasteiger charge is 2.05. The number of aliphatic hydroxyl groups is 1. The smallest absolute Gasteiger partial charge is 0.0914 e. The molecule has 0 saturated heterocycles. The van der Waals surface area contributed by atoms with Gasteiger partial charge in [0.2, 0.25) is 0 Å². The first kappa shape index (κ1) is 16.0. The maximum absolute atomic E-state index is 9.96. The van der Waals surface area contributed by atoms with Gasteiger partial charge in [-0.05, 0) is 23.3 Å². The van der Waals surface area contributed by atoms with Crippen LogP contribution in [0.25, 0.3) is 0 Å². The molecule has 0 aliphatic carbocycles. The second-order valence-electron chi connectivity index (χ2n) is 4.19. The third-order valence-electron chi connectivity index (χ3n) is 2.74. The van der Waals surface area contributed by atoms with Crippen LogP contribution >= 0.6 is 11.6 Å². The molecule has 102 valence electrons. The average molecular weight is 297 g/mol. The van der Waals surface area contributed by atoms with Crippen LogP contribution in [0, 0.1) is 0 Å². The molecular formula is C15H16Cl2NO-. The zero-order valence-electron chi connectivity index (χ0n) is 10.4. The van der Waals surface area contributed by atoms with Crippen LogP contribution in [-0.2, 0) is 6.54 Å². The molecule has 2 aromatic rings. The van der Waals surface area contributed by atoms with Gasteiger partial charge in [-0.2, -0.15) is 0 Å². The van der Waals surface area contributed by atoms with E-state index >= 15 is 0 Å². The number of halogens is 2. The number of benzene rings is 2. The molecule has 4 heteroatoms. The Morgan fingerprint density at radius 1 is 1.05 bits per heavy atom. The minimum Gasteiger partial charge on any atom is -1.00 e. The average Bonchev–Trinajstić information content (AvgIpc) is 2.40. The number of aliphatic hydroxyl groups excluding tert-OH is 1. The van der Waals surface area contributed by atoms with Crippen LogP contribution in [0.15, 0.2) is 54.6 Å². The predicted molar refractivity (Wildman–Crippen MR) is 74.6 cm³/mol. The SMILES string of the molecule is OC(CNCc1cccc(Cl)c1)c1ccccc1.[Cl-]. The highest BCUT2D eigenvalue weighted by Crippen LogP contribution is 2.12. The molecule has 1 unspecified atom stereocenters. The Hall–Kier alpha value is -1.06. The summed E-state index contributed by atoms with van der Waals surface area (Å²) in [7, 11) is 0. The van der Waals surface area contributed by atoms with Crippen molar-refractivity contribution in [1.82, 2.24) is 5.32 Å². The van der Waals surface area contributed by atoms with Crippen LogP contribution in [0.1, 0.15) is 17.2 Å². The number of nitrogens with one attached hydrogen (secondary N) is 1. The fourth-order valence-corrected chi connectivity index (χ4v) is 2.01. The fraction of sp³-hybridized carbons (Fsp3) is 0.200. The Labute approximate surface area is 124 Å². The molecule has 0 aromatic heterocycles. The third-order valence-corrected chi connectivity index (χ3v) is 2.98. The largest absolute Gasteiger partial charge is 1.00 e. The molecule has 0 heterocycles. The highest BCUT2D eigenvalue weighted by molar-refractivity contribution is 6.30. The molecule has 0 fully saturated rings.